The smallest absolute Gasteiger partial charge is 0.254 e. The van der Waals surface area contributed by atoms with Crippen LogP contribution >= 0.6 is 0 Å². The number of aryl methyl sites for hydroxylation is 3. The summed E-state index contributed by atoms with van der Waals surface area (Å²) in [6.45, 7) is 8.81. The fraction of sp³-hybridized carbons (Fsp3) is 0.579. The molecule has 0 spiro atoms. The molecule has 1 fully saturated rings. The van der Waals surface area contributed by atoms with E-state index in [1.807, 2.05) is 40.8 Å². The first-order valence-corrected chi connectivity index (χ1v) is 9.18. The summed E-state index contributed by atoms with van der Waals surface area (Å²) in [7, 11) is 1.84. The van der Waals surface area contributed by atoms with Crippen molar-refractivity contribution in [3.8, 4) is 0 Å². The number of fused-ring (bicyclic) bond motifs is 1. The van der Waals surface area contributed by atoms with Gasteiger partial charge < -0.3 is 10.2 Å². The van der Waals surface area contributed by atoms with Crippen LogP contribution < -0.4 is 5.32 Å². The molecule has 140 valence electrons. The van der Waals surface area contributed by atoms with E-state index in [4.69, 9.17) is 0 Å². The number of piperidine rings is 1. The van der Waals surface area contributed by atoms with Gasteiger partial charge in [0, 0.05) is 31.9 Å². The van der Waals surface area contributed by atoms with E-state index in [0.717, 1.165) is 35.3 Å². The van der Waals surface area contributed by atoms with E-state index < -0.39 is 0 Å². The van der Waals surface area contributed by atoms with E-state index in [0.29, 0.717) is 18.7 Å². The van der Waals surface area contributed by atoms with Crippen LogP contribution in [0.2, 0.25) is 0 Å². The van der Waals surface area contributed by atoms with Crippen LogP contribution in [0.1, 0.15) is 48.4 Å². The first-order valence-electron chi connectivity index (χ1n) is 9.18. The molecule has 2 aromatic heterocycles. The maximum absolute atomic E-state index is 13.2. The number of hydrogen-bond acceptors (Lipinski definition) is 4. The number of carbonyl (C=O) groups excluding carboxylic acids is 2. The second-order valence-electron chi connectivity index (χ2n) is 7.47. The Balaban J connectivity index is 1.90. The molecule has 7 heteroatoms. The average molecular weight is 357 g/mol. The predicted octanol–water partition coefficient (Wildman–Crippen LogP) is 1.96. The van der Waals surface area contributed by atoms with Gasteiger partial charge in [0.05, 0.1) is 22.6 Å². The minimum atomic E-state index is -0.150. The molecular formula is C19H27N5O2. The van der Waals surface area contributed by atoms with Crippen molar-refractivity contribution < 1.29 is 9.59 Å². The summed E-state index contributed by atoms with van der Waals surface area (Å²) < 4.78 is 1.71. The normalized spacial score (nSPS) is 17.8. The number of likely N-dealkylation sites (tertiary alicyclic amines) is 1. The molecule has 0 aliphatic carbocycles. The first-order chi connectivity index (χ1) is 12.3. The number of aromatic nitrogens is 3. The van der Waals surface area contributed by atoms with Gasteiger partial charge >= 0.3 is 0 Å². The topological polar surface area (TPSA) is 80.1 Å². The summed E-state index contributed by atoms with van der Waals surface area (Å²) in [4.78, 5) is 31.9. The minimum absolute atomic E-state index is 0.0334. The van der Waals surface area contributed by atoms with Gasteiger partial charge in [0.2, 0.25) is 5.91 Å². The molecule has 1 aliphatic heterocycles. The summed E-state index contributed by atoms with van der Waals surface area (Å²) in [5.41, 5.74) is 2.93. The molecule has 7 nitrogen and oxygen atoms in total. The summed E-state index contributed by atoms with van der Waals surface area (Å²) in [5, 5.41) is 8.18. The predicted molar refractivity (Wildman–Crippen MR) is 99.9 cm³/mol. The molecule has 1 atom stereocenters. The van der Waals surface area contributed by atoms with Gasteiger partial charge in [-0.15, -0.1) is 0 Å². The Morgan fingerprint density at radius 1 is 1.31 bits per heavy atom. The monoisotopic (exact) mass is 357 g/mol. The lowest BCUT2D eigenvalue weighted by Gasteiger charge is -2.32. The zero-order chi connectivity index (χ0) is 19.0. The number of rotatable bonds is 3. The number of hydrogen-bond donors (Lipinski definition) is 1. The van der Waals surface area contributed by atoms with Crippen molar-refractivity contribution in [2.75, 3.05) is 13.1 Å². The minimum Gasteiger partial charge on any atom is -0.354 e. The van der Waals surface area contributed by atoms with E-state index in [1.54, 1.807) is 9.58 Å². The number of amides is 2. The third-order valence-electron chi connectivity index (χ3n) is 4.84. The molecule has 3 rings (SSSR count). The zero-order valence-electron chi connectivity index (χ0n) is 16.2. The van der Waals surface area contributed by atoms with Crippen LogP contribution in [-0.2, 0) is 11.8 Å². The van der Waals surface area contributed by atoms with Crippen LogP contribution in [0.25, 0.3) is 11.0 Å². The Kier molecular flexibility index (Phi) is 4.98. The molecule has 1 N–H and O–H groups in total. The van der Waals surface area contributed by atoms with Crippen molar-refractivity contribution in [1.82, 2.24) is 25.0 Å². The molecule has 3 heterocycles. The SMILES string of the molecule is Cc1cc(C(=O)N2CCCC(C(=O)NC(C)C)C2)c2c(C)nn(C)c2n1. The van der Waals surface area contributed by atoms with Crippen molar-refractivity contribution in [3.63, 3.8) is 0 Å². The Morgan fingerprint density at radius 2 is 2.04 bits per heavy atom. The molecule has 0 bridgehead atoms. The van der Waals surface area contributed by atoms with E-state index in [9.17, 15) is 9.59 Å². The highest BCUT2D eigenvalue weighted by Crippen LogP contribution is 2.25. The molecule has 1 saturated heterocycles. The van der Waals surface area contributed by atoms with Crippen LogP contribution in [-0.4, -0.2) is 50.6 Å². The van der Waals surface area contributed by atoms with Crippen LogP contribution in [0.5, 0.6) is 0 Å². The molecule has 1 aliphatic rings. The number of nitrogens with one attached hydrogen (secondary N) is 1. The van der Waals surface area contributed by atoms with Gasteiger partial charge in [-0.2, -0.15) is 5.10 Å². The van der Waals surface area contributed by atoms with Crippen molar-refractivity contribution in [2.45, 2.75) is 46.6 Å². The Labute approximate surface area is 153 Å². The lowest BCUT2D eigenvalue weighted by atomic mass is 9.96. The fourth-order valence-electron chi connectivity index (χ4n) is 3.69. The average Bonchev–Trinajstić information content (AvgIpc) is 2.87. The largest absolute Gasteiger partial charge is 0.354 e. The highest BCUT2D eigenvalue weighted by Gasteiger charge is 2.30. The van der Waals surface area contributed by atoms with E-state index in [-0.39, 0.29) is 23.8 Å². The Hall–Kier alpha value is -2.44. The maximum atomic E-state index is 13.2. The van der Waals surface area contributed by atoms with Gasteiger partial charge in [0.15, 0.2) is 5.65 Å². The molecule has 2 amide bonds. The highest BCUT2D eigenvalue weighted by atomic mass is 16.2. The number of pyridine rings is 1. The highest BCUT2D eigenvalue weighted by molar-refractivity contribution is 6.06. The third kappa shape index (κ3) is 3.43. The van der Waals surface area contributed by atoms with E-state index >= 15 is 0 Å². The summed E-state index contributed by atoms with van der Waals surface area (Å²) in [5.74, 6) is -0.159. The van der Waals surface area contributed by atoms with Gasteiger partial charge in [-0.05, 0) is 46.6 Å². The molecule has 26 heavy (non-hydrogen) atoms. The van der Waals surface area contributed by atoms with E-state index in [2.05, 4.69) is 15.4 Å². The Morgan fingerprint density at radius 3 is 2.73 bits per heavy atom. The lowest BCUT2D eigenvalue weighted by Crippen LogP contribution is -2.46. The fourth-order valence-corrected chi connectivity index (χ4v) is 3.69. The Bertz CT molecular complexity index is 855. The summed E-state index contributed by atoms with van der Waals surface area (Å²) in [6.07, 6.45) is 1.65. The quantitative estimate of drug-likeness (QED) is 0.911. The van der Waals surface area contributed by atoms with Crippen molar-refractivity contribution in [1.29, 1.82) is 0 Å². The van der Waals surface area contributed by atoms with Gasteiger partial charge in [0.25, 0.3) is 5.91 Å². The molecule has 2 aromatic rings. The van der Waals surface area contributed by atoms with Gasteiger partial charge in [-0.1, -0.05) is 0 Å². The molecule has 0 saturated carbocycles. The van der Waals surface area contributed by atoms with Crippen molar-refractivity contribution in [3.05, 3.63) is 23.0 Å². The van der Waals surface area contributed by atoms with Crippen molar-refractivity contribution in [2.24, 2.45) is 13.0 Å². The van der Waals surface area contributed by atoms with E-state index in [1.165, 1.54) is 0 Å². The van der Waals surface area contributed by atoms with Crippen LogP contribution in [0.4, 0.5) is 0 Å². The van der Waals surface area contributed by atoms with Crippen LogP contribution in [0, 0.1) is 19.8 Å². The number of nitrogens with zero attached hydrogens (tertiary/aromatic N) is 4. The molecule has 0 radical (unpaired) electrons. The second kappa shape index (κ2) is 7.05. The molecule has 1 unspecified atom stereocenters. The lowest BCUT2D eigenvalue weighted by molar-refractivity contribution is -0.126. The first kappa shape index (κ1) is 18.4. The summed E-state index contributed by atoms with van der Waals surface area (Å²) >= 11 is 0. The van der Waals surface area contributed by atoms with Crippen LogP contribution in [0.15, 0.2) is 6.07 Å². The van der Waals surface area contributed by atoms with Crippen LogP contribution in [0.3, 0.4) is 0 Å². The zero-order valence-corrected chi connectivity index (χ0v) is 16.2. The molecular weight excluding hydrogens is 330 g/mol. The van der Waals surface area contributed by atoms with Gasteiger partial charge in [-0.25, -0.2) is 4.98 Å². The second-order valence-corrected chi connectivity index (χ2v) is 7.47. The van der Waals surface area contributed by atoms with Gasteiger partial charge in [-0.3, -0.25) is 14.3 Å². The number of carbonyl (C=O) groups is 2. The maximum Gasteiger partial charge on any atom is 0.254 e. The third-order valence-corrected chi connectivity index (χ3v) is 4.84. The molecule has 0 aromatic carbocycles. The standard InChI is InChI=1S/C19H27N5O2/c1-11(2)20-18(25)14-7-6-8-24(10-14)19(26)15-9-12(3)21-17-16(15)13(4)22-23(17)5/h9,11,14H,6-8,10H2,1-5H3,(H,20,25). The summed E-state index contributed by atoms with van der Waals surface area (Å²) in [6, 6.07) is 1.94. The van der Waals surface area contributed by atoms with Crippen molar-refractivity contribution >= 4 is 22.8 Å². The van der Waals surface area contributed by atoms with Gasteiger partial charge in [0.1, 0.15) is 0 Å².